The number of imide groups is 2. The van der Waals surface area contributed by atoms with Crippen LogP contribution < -0.4 is 0 Å². The van der Waals surface area contributed by atoms with Crippen LogP contribution in [0, 0.1) is 5.92 Å². The fourth-order valence-electron chi connectivity index (χ4n) is 9.37. The number of rotatable bonds is 16. The Hall–Kier alpha value is -4.40. The Kier molecular flexibility index (Phi) is 12.1. The van der Waals surface area contributed by atoms with E-state index in [1.807, 2.05) is 62.4 Å². The second-order valence-electron chi connectivity index (χ2n) is 15.6. The molecule has 0 spiro atoms. The molecule has 55 heavy (non-hydrogen) atoms. The lowest BCUT2D eigenvalue weighted by atomic mass is 9.82. The maximum absolute atomic E-state index is 14.1. The van der Waals surface area contributed by atoms with E-state index in [0.29, 0.717) is 52.7 Å². The Bertz CT molecular complexity index is 2100. The summed E-state index contributed by atoms with van der Waals surface area (Å²) >= 11 is 0. The Morgan fingerprint density at radius 1 is 0.527 bits per heavy atom. The molecule has 0 radical (unpaired) electrons. The zero-order valence-corrected chi connectivity index (χ0v) is 33.3. The Labute approximate surface area is 325 Å². The van der Waals surface area contributed by atoms with Crippen molar-refractivity contribution >= 4 is 66.7 Å². The lowest BCUT2D eigenvalue weighted by Crippen LogP contribution is -2.45. The van der Waals surface area contributed by atoms with Gasteiger partial charge in [-0.05, 0) is 94.9 Å². The van der Waals surface area contributed by atoms with Gasteiger partial charge in [-0.2, -0.15) is 0 Å². The maximum Gasteiger partial charge on any atom is 0.261 e. The standard InChI is InChI=1S/C45H51N3O5.C2H6/c1-3-4-5-6-7-8-9-10-11-12-23-47-42(49)34-17-13-30-32-15-19-36-41-37(20-16-33(39(32)41)31-14-18-35(43(47)50)40(34)38(30)31)45(52)48(44(36)51)28-29-21-24-46(25-22-29)26-27-53-2;1-2/h13-20,29H,3-12,21-28H2,1-2H3;1-2H3. The molecular weight excluding hydrogens is 687 g/mol. The third-order valence-corrected chi connectivity index (χ3v) is 12.3. The number of fused-ring (bicyclic) bond motifs is 2. The predicted molar refractivity (Wildman–Crippen MR) is 223 cm³/mol. The van der Waals surface area contributed by atoms with Crippen molar-refractivity contribution in [1.82, 2.24) is 14.7 Å². The van der Waals surface area contributed by atoms with Gasteiger partial charge >= 0.3 is 0 Å². The molecule has 8 heteroatoms. The van der Waals surface area contributed by atoms with Crippen molar-refractivity contribution in [3.8, 4) is 0 Å². The molecule has 0 bridgehead atoms. The number of piperidine rings is 1. The van der Waals surface area contributed by atoms with Gasteiger partial charge in [-0.15, -0.1) is 0 Å². The first-order chi connectivity index (χ1) is 26.9. The quantitative estimate of drug-likeness (QED) is 0.0433. The van der Waals surface area contributed by atoms with Crippen molar-refractivity contribution < 1.29 is 23.9 Å². The average molecular weight is 744 g/mol. The molecule has 3 heterocycles. The van der Waals surface area contributed by atoms with Gasteiger partial charge in [0.1, 0.15) is 0 Å². The number of ether oxygens (including phenoxy) is 1. The number of nitrogens with zero attached hydrogens (tertiary/aromatic N) is 3. The zero-order chi connectivity index (χ0) is 38.6. The van der Waals surface area contributed by atoms with Crippen molar-refractivity contribution in [3.05, 3.63) is 70.8 Å². The summed E-state index contributed by atoms with van der Waals surface area (Å²) in [6.07, 6.45) is 13.8. The Balaban J connectivity index is 0.00000229. The van der Waals surface area contributed by atoms with Crippen LogP contribution in [0.2, 0.25) is 0 Å². The highest BCUT2D eigenvalue weighted by atomic mass is 16.5. The monoisotopic (exact) mass is 743 g/mol. The molecule has 8 rings (SSSR count). The highest BCUT2D eigenvalue weighted by Gasteiger charge is 2.38. The summed E-state index contributed by atoms with van der Waals surface area (Å²) in [6.45, 7) is 10.6. The summed E-state index contributed by atoms with van der Waals surface area (Å²) in [5, 5.41) is 6.87. The molecule has 5 aromatic carbocycles. The molecule has 1 saturated heterocycles. The number of likely N-dealkylation sites (tertiary alicyclic amines) is 1. The molecule has 3 aliphatic heterocycles. The molecule has 8 nitrogen and oxygen atoms in total. The number of carbonyl (C=O) groups is 4. The zero-order valence-electron chi connectivity index (χ0n) is 33.3. The van der Waals surface area contributed by atoms with Crippen molar-refractivity contribution in [2.24, 2.45) is 5.92 Å². The van der Waals surface area contributed by atoms with Gasteiger partial charge in [0, 0.05) is 59.8 Å². The summed E-state index contributed by atoms with van der Waals surface area (Å²) in [5.41, 5.74) is 2.23. The molecule has 0 unspecified atom stereocenters. The molecule has 290 valence electrons. The van der Waals surface area contributed by atoms with Gasteiger partial charge in [0.2, 0.25) is 0 Å². The van der Waals surface area contributed by atoms with Gasteiger partial charge < -0.3 is 9.64 Å². The van der Waals surface area contributed by atoms with E-state index in [1.54, 1.807) is 7.11 Å². The van der Waals surface area contributed by atoms with E-state index in [4.69, 9.17) is 4.74 Å². The fourth-order valence-corrected chi connectivity index (χ4v) is 9.37. The van der Waals surface area contributed by atoms with E-state index in [1.165, 1.54) is 54.7 Å². The van der Waals surface area contributed by atoms with Gasteiger partial charge in [-0.25, -0.2) is 0 Å². The lowest BCUT2D eigenvalue weighted by Gasteiger charge is -2.35. The van der Waals surface area contributed by atoms with Gasteiger partial charge in [-0.1, -0.05) is 103 Å². The van der Waals surface area contributed by atoms with E-state index >= 15 is 0 Å². The molecule has 0 N–H and O–H groups in total. The van der Waals surface area contributed by atoms with Crippen LogP contribution >= 0.6 is 0 Å². The molecule has 3 aliphatic rings. The van der Waals surface area contributed by atoms with Crippen LogP contribution in [0.4, 0.5) is 0 Å². The van der Waals surface area contributed by atoms with Gasteiger partial charge in [-0.3, -0.25) is 29.0 Å². The van der Waals surface area contributed by atoms with Crippen molar-refractivity contribution in [2.75, 3.05) is 46.4 Å². The number of carbonyl (C=O) groups excluding carboxylic acids is 4. The summed E-state index contributed by atoms with van der Waals surface area (Å²) in [4.78, 5) is 61.3. The second kappa shape index (κ2) is 17.2. The summed E-state index contributed by atoms with van der Waals surface area (Å²) in [5.74, 6) is -0.658. The SMILES string of the molecule is CC.CCCCCCCCCCCCN1C(=O)c2ccc3c4ccc5c6c(ccc(c7ccc(c2c37)C1=O)c64)C(=O)N(CC1CCN(CCOC)CC1)C5=O. The van der Waals surface area contributed by atoms with Gasteiger partial charge in [0.15, 0.2) is 0 Å². The van der Waals surface area contributed by atoms with Crippen molar-refractivity contribution in [2.45, 2.75) is 97.8 Å². The molecule has 1 fully saturated rings. The van der Waals surface area contributed by atoms with E-state index < -0.39 is 0 Å². The van der Waals surface area contributed by atoms with Crippen LogP contribution in [0.25, 0.3) is 43.1 Å². The number of hydrogen-bond donors (Lipinski definition) is 0. The number of methoxy groups -OCH3 is 1. The van der Waals surface area contributed by atoms with Crippen LogP contribution in [0.5, 0.6) is 0 Å². The molecule has 5 aromatic rings. The van der Waals surface area contributed by atoms with Crippen LogP contribution in [-0.2, 0) is 4.74 Å². The Morgan fingerprint density at radius 3 is 1.35 bits per heavy atom. The fraction of sp³-hybridized carbons (Fsp3) is 0.489. The number of unbranched alkanes of at least 4 members (excludes halogenated alkanes) is 9. The van der Waals surface area contributed by atoms with Crippen LogP contribution in [0.1, 0.15) is 139 Å². The lowest BCUT2D eigenvalue weighted by molar-refractivity contribution is 0.0542. The molecule has 0 aliphatic carbocycles. The van der Waals surface area contributed by atoms with Crippen molar-refractivity contribution in [3.63, 3.8) is 0 Å². The van der Waals surface area contributed by atoms with E-state index in [0.717, 1.165) is 84.1 Å². The average Bonchev–Trinajstić information content (AvgIpc) is 3.22. The predicted octanol–water partition coefficient (Wildman–Crippen LogP) is 10.2. The second-order valence-corrected chi connectivity index (χ2v) is 15.6. The first kappa shape index (κ1) is 38.9. The normalized spacial score (nSPS) is 16.4. The molecule has 0 atom stereocenters. The first-order valence-electron chi connectivity index (χ1n) is 21.1. The number of benzene rings is 5. The minimum atomic E-state index is -0.234. The largest absolute Gasteiger partial charge is 0.383 e. The molecule has 0 saturated carbocycles. The maximum atomic E-state index is 14.1. The molecular formula is C47H57N3O5. The number of hydrogen-bond acceptors (Lipinski definition) is 6. The van der Waals surface area contributed by atoms with Crippen LogP contribution in [0.3, 0.4) is 0 Å². The van der Waals surface area contributed by atoms with E-state index in [9.17, 15) is 19.2 Å². The summed E-state index contributed by atoms with van der Waals surface area (Å²) < 4.78 is 5.24. The minimum Gasteiger partial charge on any atom is -0.383 e. The third kappa shape index (κ3) is 7.12. The van der Waals surface area contributed by atoms with E-state index in [-0.39, 0.29) is 29.5 Å². The van der Waals surface area contributed by atoms with Gasteiger partial charge in [0.25, 0.3) is 23.6 Å². The van der Waals surface area contributed by atoms with Crippen LogP contribution in [0.15, 0.2) is 48.5 Å². The number of amides is 4. The smallest absolute Gasteiger partial charge is 0.261 e. The third-order valence-electron chi connectivity index (χ3n) is 12.3. The molecule has 0 aromatic heterocycles. The summed E-state index contributed by atoms with van der Waals surface area (Å²) in [6, 6.07) is 15.4. The minimum absolute atomic E-state index is 0.227. The highest BCUT2D eigenvalue weighted by molar-refractivity contribution is 6.41. The first-order valence-corrected chi connectivity index (χ1v) is 21.1. The van der Waals surface area contributed by atoms with Crippen LogP contribution in [-0.4, -0.2) is 84.8 Å². The van der Waals surface area contributed by atoms with E-state index in [2.05, 4.69) is 11.8 Å². The van der Waals surface area contributed by atoms with Crippen molar-refractivity contribution in [1.29, 1.82) is 0 Å². The van der Waals surface area contributed by atoms with Gasteiger partial charge in [0.05, 0.1) is 6.61 Å². The Morgan fingerprint density at radius 2 is 0.927 bits per heavy atom. The summed E-state index contributed by atoms with van der Waals surface area (Å²) in [7, 11) is 1.72. The topological polar surface area (TPSA) is 87.2 Å². The highest BCUT2D eigenvalue weighted by Crippen LogP contribution is 2.46. The molecule has 4 amide bonds.